The number of fused-ring (bicyclic) bond motifs is 3. The van der Waals surface area contributed by atoms with E-state index in [0.717, 1.165) is 0 Å². The maximum Gasteiger partial charge on any atom is 0.135 e. The van der Waals surface area contributed by atoms with Crippen LogP contribution in [0, 0.1) is 0 Å². The van der Waals surface area contributed by atoms with Gasteiger partial charge in [0.05, 0.1) is 0 Å². The molecule has 0 bridgehead atoms. The summed E-state index contributed by atoms with van der Waals surface area (Å²) < 4.78 is 49.3. The lowest BCUT2D eigenvalue weighted by Gasteiger charge is -2.05. The summed E-state index contributed by atoms with van der Waals surface area (Å²) in [6, 6.07) is 8.88. The maximum atomic E-state index is 10.9. The Morgan fingerprint density at radius 2 is 1.21 bits per heavy atom. The van der Waals surface area contributed by atoms with Gasteiger partial charge in [-0.05, 0) is 58.6 Å². The van der Waals surface area contributed by atoms with E-state index in [4.69, 9.17) is 4.42 Å². The molecule has 2 aromatic carbocycles. The minimum Gasteiger partial charge on any atom is -0.768 e. The summed E-state index contributed by atoms with van der Waals surface area (Å²) >= 11 is -4.68. The van der Waals surface area contributed by atoms with Crippen molar-refractivity contribution in [2.24, 2.45) is 0 Å². The van der Waals surface area contributed by atoms with Crippen LogP contribution in [0.1, 0.15) is 0 Å². The van der Waals surface area contributed by atoms with E-state index < -0.39 is 22.2 Å². The summed E-state index contributed by atoms with van der Waals surface area (Å²) in [6.07, 6.45) is 0. The topological polar surface area (TPSA) is 93.4 Å². The highest BCUT2D eigenvalue weighted by Crippen LogP contribution is 2.31. The van der Waals surface area contributed by atoms with Crippen LogP contribution >= 0.6 is 0 Å². The third-order valence-electron chi connectivity index (χ3n) is 2.80. The van der Waals surface area contributed by atoms with Crippen LogP contribution in [-0.2, 0) is 22.2 Å². The molecule has 19 heavy (non-hydrogen) atoms. The fourth-order valence-corrected chi connectivity index (χ4v) is 2.73. The molecule has 1 heterocycles. The van der Waals surface area contributed by atoms with Crippen LogP contribution in [0.4, 0.5) is 0 Å². The van der Waals surface area contributed by atoms with Crippen molar-refractivity contribution < 1.29 is 21.9 Å². The largest absolute Gasteiger partial charge is 0.768 e. The van der Waals surface area contributed by atoms with E-state index in [1.54, 1.807) is 12.1 Å². The highest BCUT2D eigenvalue weighted by molar-refractivity contribution is 7.79. The lowest BCUT2D eigenvalue weighted by Crippen LogP contribution is -1.88. The Morgan fingerprint density at radius 1 is 0.789 bits per heavy atom. The summed E-state index contributed by atoms with van der Waals surface area (Å²) in [5.41, 5.74) is 1.02. The van der Waals surface area contributed by atoms with Crippen molar-refractivity contribution in [1.29, 1.82) is 0 Å². The van der Waals surface area contributed by atoms with Crippen LogP contribution in [0.3, 0.4) is 0 Å². The summed E-state index contributed by atoms with van der Waals surface area (Å²) in [4.78, 5) is 0.257. The number of furan rings is 1. The van der Waals surface area contributed by atoms with E-state index in [0.29, 0.717) is 21.9 Å². The highest BCUT2D eigenvalue weighted by Gasteiger charge is 2.09. The maximum absolute atomic E-state index is 10.9. The summed E-state index contributed by atoms with van der Waals surface area (Å²) in [5.74, 6) is 0. The van der Waals surface area contributed by atoms with E-state index in [1.165, 1.54) is 24.3 Å². The average molecular weight is 294 g/mol. The van der Waals surface area contributed by atoms with E-state index in [9.17, 15) is 17.5 Å². The molecule has 0 amide bonds. The molecule has 0 N–H and O–H groups in total. The Morgan fingerprint density at radius 3 is 1.58 bits per heavy atom. The first-order chi connectivity index (χ1) is 9.06. The summed E-state index contributed by atoms with van der Waals surface area (Å²) in [5, 5.41) is 1.15. The van der Waals surface area contributed by atoms with Gasteiger partial charge in [-0.15, -0.1) is 0 Å². The molecule has 0 aliphatic carbocycles. The van der Waals surface area contributed by atoms with Gasteiger partial charge in [0.2, 0.25) is 0 Å². The second kappa shape index (κ2) is 4.53. The van der Waals surface area contributed by atoms with Gasteiger partial charge in [-0.3, -0.25) is 8.42 Å². The van der Waals surface area contributed by atoms with Crippen LogP contribution in [0.5, 0.6) is 0 Å². The van der Waals surface area contributed by atoms with E-state index in [2.05, 4.69) is 0 Å². The van der Waals surface area contributed by atoms with Crippen LogP contribution in [0.15, 0.2) is 50.6 Å². The second-order valence-corrected chi connectivity index (χ2v) is 5.77. The number of hydrogen-bond acceptors (Lipinski definition) is 5. The predicted molar refractivity (Wildman–Crippen MR) is 68.1 cm³/mol. The fraction of sp³-hybridized carbons (Fsp3) is 0. The minimum absolute atomic E-state index is 0.129. The Labute approximate surface area is 112 Å². The number of rotatable bonds is 2. The van der Waals surface area contributed by atoms with Crippen molar-refractivity contribution in [2.75, 3.05) is 0 Å². The quantitative estimate of drug-likeness (QED) is 0.674. The zero-order valence-electron chi connectivity index (χ0n) is 9.32. The van der Waals surface area contributed by atoms with Gasteiger partial charge in [0.1, 0.15) is 11.2 Å². The fourth-order valence-electron chi connectivity index (χ4n) is 1.94. The summed E-state index contributed by atoms with van der Waals surface area (Å²) in [6.45, 7) is 0. The standard InChI is InChI=1S/C12H8O5S2/c13-18(14)7-1-3-11-9(5-7)10-6-8(19(15)16)2-4-12(10)17-11/h1-6H,(H,13,14)(H,15,16)/p-2. The molecular formula is C12H6O5S2-2. The van der Waals surface area contributed by atoms with Crippen LogP contribution in [0.2, 0.25) is 0 Å². The molecule has 0 spiro atoms. The third-order valence-corrected chi connectivity index (χ3v) is 4.07. The lowest BCUT2D eigenvalue weighted by atomic mass is 10.1. The number of hydrogen-bond donors (Lipinski definition) is 0. The van der Waals surface area contributed by atoms with E-state index in [-0.39, 0.29) is 9.79 Å². The molecule has 1 aromatic heterocycles. The van der Waals surface area contributed by atoms with Crippen molar-refractivity contribution in [3.63, 3.8) is 0 Å². The molecule has 5 nitrogen and oxygen atoms in total. The first-order valence-electron chi connectivity index (χ1n) is 5.21. The average Bonchev–Trinajstić information content (AvgIpc) is 2.75. The Kier molecular flexibility index (Phi) is 2.98. The lowest BCUT2D eigenvalue weighted by molar-refractivity contribution is 0.535. The van der Waals surface area contributed by atoms with Crippen molar-refractivity contribution in [3.05, 3.63) is 36.4 Å². The second-order valence-electron chi connectivity index (χ2n) is 3.89. The zero-order valence-corrected chi connectivity index (χ0v) is 11.0. The van der Waals surface area contributed by atoms with Crippen LogP contribution < -0.4 is 0 Å². The van der Waals surface area contributed by atoms with Gasteiger partial charge in [-0.2, -0.15) is 0 Å². The minimum atomic E-state index is -2.34. The SMILES string of the molecule is O=S([O-])c1ccc2oc3ccc(S(=O)[O-])cc3c2c1. The summed E-state index contributed by atoms with van der Waals surface area (Å²) in [7, 11) is 0. The monoisotopic (exact) mass is 294 g/mol. The smallest absolute Gasteiger partial charge is 0.135 e. The van der Waals surface area contributed by atoms with Crippen molar-refractivity contribution >= 4 is 44.1 Å². The zero-order chi connectivity index (χ0) is 13.6. The molecule has 3 aromatic rings. The molecule has 2 atom stereocenters. The molecule has 0 radical (unpaired) electrons. The Bertz CT molecular complexity index is 768. The van der Waals surface area contributed by atoms with Crippen molar-refractivity contribution in [3.8, 4) is 0 Å². The predicted octanol–water partition coefficient (Wildman–Crippen LogP) is 2.06. The molecule has 7 heteroatoms. The van der Waals surface area contributed by atoms with Gasteiger partial charge in [-0.1, -0.05) is 0 Å². The first kappa shape index (κ1) is 12.5. The Balaban J connectivity index is 2.37. The number of benzene rings is 2. The van der Waals surface area contributed by atoms with Gasteiger partial charge in [0.25, 0.3) is 0 Å². The van der Waals surface area contributed by atoms with Gasteiger partial charge in [-0.25, -0.2) is 0 Å². The molecule has 0 aliphatic rings. The van der Waals surface area contributed by atoms with Gasteiger partial charge < -0.3 is 13.5 Å². The van der Waals surface area contributed by atoms with Gasteiger partial charge in [0, 0.05) is 20.6 Å². The highest BCUT2D eigenvalue weighted by atomic mass is 32.2. The van der Waals surface area contributed by atoms with Crippen molar-refractivity contribution in [2.45, 2.75) is 9.79 Å². The third kappa shape index (κ3) is 2.10. The molecule has 0 saturated heterocycles. The van der Waals surface area contributed by atoms with E-state index >= 15 is 0 Å². The molecule has 98 valence electrons. The molecule has 3 rings (SSSR count). The van der Waals surface area contributed by atoms with Gasteiger partial charge >= 0.3 is 0 Å². The van der Waals surface area contributed by atoms with Crippen molar-refractivity contribution in [1.82, 2.24) is 0 Å². The molecule has 0 aliphatic heterocycles. The van der Waals surface area contributed by atoms with Crippen LogP contribution in [0.25, 0.3) is 21.9 Å². The van der Waals surface area contributed by atoms with E-state index in [1.807, 2.05) is 0 Å². The van der Waals surface area contributed by atoms with Gasteiger partial charge in [0.15, 0.2) is 0 Å². The molecule has 0 fully saturated rings. The molecule has 0 saturated carbocycles. The Hall–Kier alpha value is -1.54. The normalized spacial score (nSPS) is 14.8. The molecule has 2 unspecified atom stereocenters. The molecular weight excluding hydrogens is 288 g/mol. The first-order valence-corrected chi connectivity index (χ1v) is 7.36. The van der Waals surface area contributed by atoms with Crippen LogP contribution in [-0.4, -0.2) is 17.5 Å².